The van der Waals surface area contributed by atoms with E-state index < -0.39 is 5.97 Å². The lowest BCUT2D eigenvalue weighted by Gasteiger charge is -2.01. The number of carbonyl (C=O) groups excluding carboxylic acids is 1. The number of rotatable bonds is 2. The standard InChI is InChI=1S/C11H9NO2/c1-3-8-4-9(7-12)6-10(5-8)11(13)14-2/h3-6H,1H2,2H3. The first-order valence-corrected chi connectivity index (χ1v) is 3.97. The van der Waals surface area contributed by atoms with Crippen LogP contribution in [0.1, 0.15) is 21.5 Å². The Morgan fingerprint density at radius 2 is 2.29 bits per heavy atom. The van der Waals surface area contributed by atoms with Crippen molar-refractivity contribution in [3.8, 4) is 6.07 Å². The van der Waals surface area contributed by atoms with E-state index in [1.54, 1.807) is 18.2 Å². The fourth-order valence-corrected chi connectivity index (χ4v) is 1.07. The van der Waals surface area contributed by atoms with Crippen molar-refractivity contribution in [3.05, 3.63) is 41.5 Å². The number of nitrogens with zero attached hydrogens (tertiary/aromatic N) is 1. The molecule has 1 aromatic carbocycles. The minimum absolute atomic E-state index is 0.362. The molecule has 0 saturated heterocycles. The number of hydrogen-bond acceptors (Lipinski definition) is 3. The molecule has 14 heavy (non-hydrogen) atoms. The van der Waals surface area contributed by atoms with Gasteiger partial charge in [-0.15, -0.1) is 0 Å². The van der Waals surface area contributed by atoms with Crippen LogP contribution in [0.4, 0.5) is 0 Å². The van der Waals surface area contributed by atoms with Crippen molar-refractivity contribution in [1.82, 2.24) is 0 Å². The molecule has 0 fully saturated rings. The van der Waals surface area contributed by atoms with Crippen LogP contribution in [0.3, 0.4) is 0 Å². The number of ether oxygens (including phenoxy) is 1. The van der Waals surface area contributed by atoms with Gasteiger partial charge in [-0.2, -0.15) is 5.26 Å². The zero-order valence-electron chi connectivity index (χ0n) is 7.78. The van der Waals surface area contributed by atoms with E-state index in [1.807, 2.05) is 6.07 Å². The molecule has 1 rings (SSSR count). The van der Waals surface area contributed by atoms with Crippen LogP contribution >= 0.6 is 0 Å². The highest BCUT2D eigenvalue weighted by Gasteiger charge is 2.07. The molecule has 1 aromatic rings. The minimum atomic E-state index is -0.454. The van der Waals surface area contributed by atoms with Crippen LogP contribution < -0.4 is 0 Å². The molecular weight excluding hydrogens is 178 g/mol. The Bertz CT molecular complexity index is 416. The Morgan fingerprint density at radius 3 is 2.79 bits per heavy atom. The zero-order chi connectivity index (χ0) is 10.6. The lowest BCUT2D eigenvalue weighted by molar-refractivity contribution is 0.0600. The van der Waals surface area contributed by atoms with Crippen LogP contribution in [0.5, 0.6) is 0 Å². The SMILES string of the molecule is C=Cc1cc(C#N)cc(C(=O)OC)c1. The molecule has 0 N–H and O–H groups in total. The normalized spacial score (nSPS) is 8.86. The largest absolute Gasteiger partial charge is 0.465 e. The van der Waals surface area contributed by atoms with E-state index in [9.17, 15) is 4.79 Å². The average Bonchev–Trinajstić information content (AvgIpc) is 2.27. The maximum atomic E-state index is 11.2. The summed E-state index contributed by atoms with van der Waals surface area (Å²) in [6.07, 6.45) is 1.58. The van der Waals surface area contributed by atoms with Gasteiger partial charge in [0.1, 0.15) is 0 Å². The molecule has 0 aliphatic rings. The predicted molar refractivity (Wildman–Crippen MR) is 52.6 cm³/mol. The second kappa shape index (κ2) is 4.24. The first-order valence-electron chi connectivity index (χ1n) is 3.97. The van der Waals surface area contributed by atoms with E-state index in [4.69, 9.17) is 5.26 Å². The summed E-state index contributed by atoms with van der Waals surface area (Å²) >= 11 is 0. The molecule has 0 aliphatic heterocycles. The average molecular weight is 187 g/mol. The fraction of sp³-hybridized carbons (Fsp3) is 0.0909. The van der Waals surface area contributed by atoms with Crippen LogP contribution in [0.25, 0.3) is 6.08 Å². The highest BCUT2D eigenvalue weighted by molar-refractivity contribution is 5.90. The third-order valence-electron chi connectivity index (χ3n) is 1.74. The Kier molecular flexibility index (Phi) is 3.03. The number of hydrogen-bond donors (Lipinski definition) is 0. The van der Waals surface area contributed by atoms with Gasteiger partial charge in [-0.1, -0.05) is 12.7 Å². The number of methoxy groups -OCH3 is 1. The molecule has 0 spiro atoms. The van der Waals surface area contributed by atoms with Crippen LogP contribution in [-0.4, -0.2) is 13.1 Å². The van der Waals surface area contributed by atoms with Crippen LogP contribution in [0.15, 0.2) is 24.8 Å². The predicted octanol–water partition coefficient (Wildman–Crippen LogP) is 1.99. The second-order valence-corrected chi connectivity index (χ2v) is 2.65. The summed E-state index contributed by atoms with van der Waals surface area (Å²) in [7, 11) is 1.30. The molecule has 0 saturated carbocycles. The molecule has 0 radical (unpaired) electrons. The Labute approximate surface area is 82.2 Å². The van der Waals surface area contributed by atoms with Crippen LogP contribution in [0.2, 0.25) is 0 Å². The lowest BCUT2D eigenvalue weighted by Crippen LogP contribution is -2.01. The van der Waals surface area contributed by atoms with Crippen molar-refractivity contribution in [3.63, 3.8) is 0 Å². The van der Waals surface area contributed by atoms with Crippen LogP contribution in [0, 0.1) is 11.3 Å². The minimum Gasteiger partial charge on any atom is -0.465 e. The van der Waals surface area contributed by atoms with E-state index in [-0.39, 0.29) is 0 Å². The Morgan fingerprint density at radius 1 is 1.57 bits per heavy atom. The molecule has 0 aromatic heterocycles. The van der Waals surface area contributed by atoms with Crippen molar-refractivity contribution < 1.29 is 9.53 Å². The smallest absolute Gasteiger partial charge is 0.337 e. The van der Waals surface area contributed by atoms with Gasteiger partial charge in [0.25, 0.3) is 0 Å². The number of nitriles is 1. The molecule has 3 heteroatoms. The monoisotopic (exact) mass is 187 g/mol. The highest BCUT2D eigenvalue weighted by Crippen LogP contribution is 2.11. The van der Waals surface area contributed by atoms with Crippen LogP contribution in [-0.2, 0) is 4.74 Å². The van der Waals surface area contributed by atoms with E-state index in [1.165, 1.54) is 13.2 Å². The number of carbonyl (C=O) groups is 1. The first kappa shape index (κ1) is 10.0. The molecule has 0 heterocycles. The van der Waals surface area contributed by atoms with Gasteiger partial charge in [0.05, 0.1) is 24.3 Å². The summed E-state index contributed by atoms with van der Waals surface area (Å²) in [5.41, 5.74) is 1.51. The maximum Gasteiger partial charge on any atom is 0.337 e. The Hall–Kier alpha value is -2.08. The molecule has 0 unspecified atom stereocenters. The third kappa shape index (κ3) is 1.99. The van der Waals surface area contributed by atoms with Gasteiger partial charge in [-0.25, -0.2) is 4.79 Å². The van der Waals surface area contributed by atoms with Gasteiger partial charge in [0.15, 0.2) is 0 Å². The van der Waals surface area contributed by atoms with E-state index in [2.05, 4.69) is 11.3 Å². The van der Waals surface area contributed by atoms with Gasteiger partial charge in [0, 0.05) is 0 Å². The molecular formula is C11H9NO2. The van der Waals surface area contributed by atoms with Gasteiger partial charge < -0.3 is 4.74 Å². The van der Waals surface area contributed by atoms with E-state index >= 15 is 0 Å². The van der Waals surface area contributed by atoms with Gasteiger partial charge >= 0.3 is 5.97 Å². The zero-order valence-corrected chi connectivity index (χ0v) is 7.78. The van der Waals surface area contributed by atoms with Gasteiger partial charge in [0.2, 0.25) is 0 Å². The quantitative estimate of drug-likeness (QED) is 0.665. The van der Waals surface area contributed by atoms with Crippen molar-refractivity contribution in [1.29, 1.82) is 5.26 Å². The first-order chi connectivity index (χ1) is 6.71. The molecule has 0 bridgehead atoms. The van der Waals surface area contributed by atoms with Gasteiger partial charge in [-0.3, -0.25) is 0 Å². The van der Waals surface area contributed by atoms with Crippen molar-refractivity contribution in [2.24, 2.45) is 0 Å². The second-order valence-electron chi connectivity index (χ2n) is 2.65. The summed E-state index contributed by atoms with van der Waals surface area (Å²) in [5.74, 6) is -0.454. The summed E-state index contributed by atoms with van der Waals surface area (Å²) in [5, 5.41) is 8.70. The molecule has 0 atom stereocenters. The Balaban J connectivity index is 3.25. The summed E-state index contributed by atoms with van der Waals surface area (Å²) in [4.78, 5) is 11.2. The lowest BCUT2D eigenvalue weighted by atomic mass is 10.1. The topological polar surface area (TPSA) is 50.1 Å². The summed E-state index contributed by atoms with van der Waals surface area (Å²) < 4.78 is 4.55. The van der Waals surface area contributed by atoms with E-state index in [0.29, 0.717) is 11.1 Å². The van der Waals surface area contributed by atoms with Gasteiger partial charge in [-0.05, 0) is 23.8 Å². The molecule has 70 valence electrons. The maximum absolute atomic E-state index is 11.2. The highest BCUT2D eigenvalue weighted by atomic mass is 16.5. The fourth-order valence-electron chi connectivity index (χ4n) is 1.07. The van der Waals surface area contributed by atoms with E-state index in [0.717, 1.165) is 5.56 Å². The molecule has 0 aliphatic carbocycles. The number of esters is 1. The number of benzene rings is 1. The molecule has 3 nitrogen and oxygen atoms in total. The summed E-state index contributed by atoms with van der Waals surface area (Å²) in [6.45, 7) is 3.57. The molecule has 0 amide bonds. The van der Waals surface area contributed by atoms with Crippen molar-refractivity contribution >= 4 is 12.0 Å². The third-order valence-corrected chi connectivity index (χ3v) is 1.74. The summed E-state index contributed by atoms with van der Waals surface area (Å²) in [6, 6.07) is 6.73. The van der Waals surface area contributed by atoms with Crippen molar-refractivity contribution in [2.45, 2.75) is 0 Å². The van der Waals surface area contributed by atoms with Crippen molar-refractivity contribution in [2.75, 3.05) is 7.11 Å².